The van der Waals surface area contributed by atoms with E-state index in [0.717, 1.165) is 37.3 Å². The zero-order valence-electron chi connectivity index (χ0n) is 13.0. The van der Waals surface area contributed by atoms with E-state index in [0.29, 0.717) is 17.3 Å². The maximum absolute atomic E-state index is 12.3. The van der Waals surface area contributed by atoms with Gasteiger partial charge in [-0.2, -0.15) is 5.10 Å². The van der Waals surface area contributed by atoms with Gasteiger partial charge >= 0.3 is 0 Å². The minimum atomic E-state index is -0.0149. The van der Waals surface area contributed by atoms with Crippen molar-refractivity contribution in [3.05, 3.63) is 35.7 Å². The second-order valence-electron chi connectivity index (χ2n) is 6.41. The smallest absolute Gasteiger partial charge is 0.251 e. The number of hydrogen-bond donors (Lipinski definition) is 3. The molecular weight excluding hydrogens is 290 g/mol. The van der Waals surface area contributed by atoms with Crippen molar-refractivity contribution in [1.29, 1.82) is 0 Å². The van der Waals surface area contributed by atoms with Gasteiger partial charge in [-0.1, -0.05) is 12.1 Å². The molecule has 1 aromatic carbocycles. The Kier molecular flexibility index (Phi) is 3.83. The van der Waals surface area contributed by atoms with E-state index in [4.69, 9.17) is 0 Å². The summed E-state index contributed by atoms with van der Waals surface area (Å²) in [6, 6.07) is 7.73. The summed E-state index contributed by atoms with van der Waals surface area (Å²) < 4.78 is 0. The number of benzene rings is 1. The van der Waals surface area contributed by atoms with Gasteiger partial charge in [0.15, 0.2) is 5.82 Å². The van der Waals surface area contributed by atoms with Crippen LogP contribution in [0.15, 0.2) is 24.3 Å². The minimum absolute atomic E-state index is 0.0149. The van der Waals surface area contributed by atoms with Gasteiger partial charge in [0.05, 0.1) is 0 Å². The molecule has 2 aromatic rings. The lowest BCUT2D eigenvalue weighted by molar-refractivity contribution is 0.0930. The highest BCUT2D eigenvalue weighted by atomic mass is 16.1. The number of aromatic nitrogens is 3. The molecule has 1 atom stereocenters. The molecule has 2 fully saturated rings. The van der Waals surface area contributed by atoms with Gasteiger partial charge in [0.25, 0.3) is 5.91 Å². The van der Waals surface area contributed by atoms with E-state index >= 15 is 0 Å². The Morgan fingerprint density at radius 1 is 1.17 bits per heavy atom. The molecule has 0 radical (unpaired) electrons. The van der Waals surface area contributed by atoms with Gasteiger partial charge in [0, 0.05) is 29.6 Å². The standard InChI is InChI=1S/C17H21N5O/c23-17(19-14-2-1-9-18-10-14)13-7-5-12(6-8-13)16-20-15(21-22-16)11-3-4-11/h5-8,11,14,18H,1-4,9-10H2,(H,19,23)(H,20,21,22)/t14-/m0/s1. The van der Waals surface area contributed by atoms with Gasteiger partial charge in [0.2, 0.25) is 0 Å². The molecule has 2 heterocycles. The average Bonchev–Trinajstić information content (AvgIpc) is 3.33. The molecule has 23 heavy (non-hydrogen) atoms. The summed E-state index contributed by atoms with van der Waals surface area (Å²) >= 11 is 0. The highest BCUT2D eigenvalue weighted by molar-refractivity contribution is 5.94. The minimum Gasteiger partial charge on any atom is -0.348 e. The van der Waals surface area contributed by atoms with Crippen molar-refractivity contribution in [3.63, 3.8) is 0 Å². The molecule has 1 amide bonds. The van der Waals surface area contributed by atoms with Crippen molar-refractivity contribution in [2.24, 2.45) is 0 Å². The highest BCUT2D eigenvalue weighted by Crippen LogP contribution is 2.38. The summed E-state index contributed by atoms with van der Waals surface area (Å²) in [6.07, 6.45) is 4.55. The van der Waals surface area contributed by atoms with Gasteiger partial charge in [-0.05, 0) is 44.4 Å². The molecule has 3 N–H and O–H groups in total. The van der Waals surface area contributed by atoms with Gasteiger partial charge in [-0.3, -0.25) is 9.89 Å². The number of nitrogens with zero attached hydrogens (tertiary/aromatic N) is 2. The molecule has 6 heteroatoms. The van der Waals surface area contributed by atoms with Crippen molar-refractivity contribution < 1.29 is 4.79 Å². The van der Waals surface area contributed by atoms with Crippen LogP contribution in [0.5, 0.6) is 0 Å². The van der Waals surface area contributed by atoms with Crippen LogP contribution in [0.4, 0.5) is 0 Å². The fourth-order valence-corrected chi connectivity index (χ4v) is 2.96. The van der Waals surface area contributed by atoms with Gasteiger partial charge < -0.3 is 10.6 Å². The summed E-state index contributed by atoms with van der Waals surface area (Å²) in [5, 5.41) is 13.7. The van der Waals surface area contributed by atoms with Crippen LogP contribution in [0.25, 0.3) is 11.4 Å². The van der Waals surface area contributed by atoms with Gasteiger partial charge in [-0.15, -0.1) is 0 Å². The summed E-state index contributed by atoms with van der Waals surface area (Å²) in [7, 11) is 0. The Hall–Kier alpha value is -2.21. The van der Waals surface area contributed by atoms with E-state index in [9.17, 15) is 4.79 Å². The maximum atomic E-state index is 12.3. The largest absolute Gasteiger partial charge is 0.348 e. The van der Waals surface area contributed by atoms with E-state index in [-0.39, 0.29) is 11.9 Å². The number of H-pyrrole nitrogens is 1. The Labute approximate surface area is 135 Å². The Morgan fingerprint density at radius 3 is 2.70 bits per heavy atom. The number of nitrogens with one attached hydrogen (secondary N) is 3. The van der Waals surface area contributed by atoms with Crippen molar-refractivity contribution >= 4 is 5.91 Å². The average molecular weight is 311 g/mol. The van der Waals surface area contributed by atoms with E-state index in [1.165, 1.54) is 12.8 Å². The molecule has 1 aliphatic heterocycles. The van der Waals surface area contributed by atoms with E-state index in [1.54, 1.807) is 0 Å². The van der Waals surface area contributed by atoms with Gasteiger partial charge in [0.1, 0.15) is 5.82 Å². The van der Waals surface area contributed by atoms with Crippen LogP contribution in [0, 0.1) is 0 Å². The molecule has 6 nitrogen and oxygen atoms in total. The fourth-order valence-electron chi connectivity index (χ4n) is 2.96. The van der Waals surface area contributed by atoms with Crippen LogP contribution in [0.3, 0.4) is 0 Å². The number of rotatable bonds is 4. The zero-order valence-corrected chi connectivity index (χ0v) is 13.0. The molecule has 1 saturated heterocycles. The molecular formula is C17H21N5O. The summed E-state index contributed by atoms with van der Waals surface area (Å²) in [5.74, 6) is 2.23. The molecule has 1 aliphatic carbocycles. The summed E-state index contributed by atoms with van der Waals surface area (Å²) in [4.78, 5) is 16.8. The normalized spacial score (nSPS) is 21.1. The van der Waals surface area contributed by atoms with Crippen LogP contribution < -0.4 is 10.6 Å². The number of hydrogen-bond acceptors (Lipinski definition) is 4. The topological polar surface area (TPSA) is 82.7 Å². The third-order valence-corrected chi connectivity index (χ3v) is 4.50. The number of amides is 1. The van der Waals surface area contributed by atoms with Gasteiger partial charge in [-0.25, -0.2) is 4.98 Å². The Balaban J connectivity index is 1.42. The lowest BCUT2D eigenvalue weighted by Gasteiger charge is -2.23. The quantitative estimate of drug-likeness (QED) is 0.804. The fraction of sp³-hybridized carbons (Fsp3) is 0.471. The Morgan fingerprint density at radius 2 is 2.00 bits per heavy atom. The van der Waals surface area contributed by atoms with Crippen LogP contribution in [0.1, 0.15) is 47.8 Å². The number of carbonyl (C=O) groups excluding carboxylic acids is 1. The number of aromatic amines is 1. The second-order valence-corrected chi connectivity index (χ2v) is 6.41. The summed E-state index contributed by atoms with van der Waals surface area (Å²) in [6.45, 7) is 1.89. The molecule has 0 spiro atoms. The Bertz CT molecular complexity index is 683. The summed E-state index contributed by atoms with van der Waals surface area (Å²) in [5.41, 5.74) is 1.61. The van der Waals surface area contributed by atoms with Crippen LogP contribution in [0.2, 0.25) is 0 Å². The van der Waals surface area contributed by atoms with E-state index in [2.05, 4.69) is 25.8 Å². The number of piperidine rings is 1. The van der Waals surface area contributed by atoms with Crippen molar-refractivity contribution in [1.82, 2.24) is 25.8 Å². The van der Waals surface area contributed by atoms with Crippen molar-refractivity contribution in [2.75, 3.05) is 13.1 Å². The number of carbonyl (C=O) groups is 1. The molecule has 4 rings (SSSR count). The first kappa shape index (κ1) is 14.4. The molecule has 1 aromatic heterocycles. The third-order valence-electron chi connectivity index (χ3n) is 4.50. The van der Waals surface area contributed by atoms with E-state index in [1.807, 2.05) is 24.3 Å². The molecule has 0 bridgehead atoms. The molecule has 0 unspecified atom stereocenters. The molecule has 120 valence electrons. The van der Waals surface area contributed by atoms with Crippen LogP contribution in [-0.2, 0) is 0 Å². The monoisotopic (exact) mass is 311 g/mol. The third kappa shape index (κ3) is 3.27. The van der Waals surface area contributed by atoms with Crippen molar-refractivity contribution in [2.45, 2.75) is 37.6 Å². The predicted molar refractivity (Wildman–Crippen MR) is 87.2 cm³/mol. The van der Waals surface area contributed by atoms with Crippen LogP contribution in [-0.4, -0.2) is 40.2 Å². The zero-order chi connectivity index (χ0) is 15.6. The van der Waals surface area contributed by atoms with Crippen molar-refractivity contribution in [3.8, 4) is 11.4 Å². The first-order valence-corrected chi connectivity index (χ1v) is 8.34. The maximum Gasteiger partial charge on any atom is 0.251 e. The predicted octanol–water partition coefficient (Wildman–Crippen LogP) is 1.83. The SMILES string of the molecule is O=C(N[C@H]1CCCNC1)c1ccc(-c2n[nH]c(C3CC3)n2)cc1. The lowest BCUT2D eigenvalue weighted by atomic mass is 10.1. The van der Waals surface area contributed by atoms with E-state index < -0.39 is 0 Å². The lowest BCUT2D eigenvalue weighted by Crippen LogP contribution is -2.45. The first-order chi connectivity index (χ1) is 11.3. The second kappa shape index (κ2) is 6.12. The van der Waals surface area contributed by atoms with Crippen LogP contribution >= 0.6 is 0 Å². The molecule has 1 saturated carbocycles. The molecule has 2 aliphatic rings. The first-order valence-electron chi connectivity index (χ1n) is 8.34. The highest BCUT2D eigenvalue weighted by Gasteiger charge is 2.27.